The van der Waals surface area contributed by atoms with Gasteiger partial charge in [0.05, 0.1) is 36.1 Å². The maximum absolute atomic E-state index is 12.6. The van der Waals surface area contributed by atoms with Crippen LogP contribution in [0, 0.1) is 11.3 Å². The second-order valence-electron chi connectivity index (χ2n) is 6.54. The van der Waals surface area contributed by atoms with Crippen LogP contribution >= 0.6 is 34.5 Å². The second-order valence-corrected chi connectivity index (χ2v) is 8.25. The summed E-state index contributed by atoms with van der Waals surface area (Å²) in [6, 6.07) is 12.3. The number of para-hydroxylation sites is 1. The van der Waals surface area contributed by atoms with E-state index >= 15 is 0 Å². The summed E-state index contributed by atoms with van der Waals surface area (Å²) in [7, 11) is 3.07. The third-order valence-corrected chi connectivity index (χ3v) is 5.99. The van der Waals surface area contributed by atoms with E-state index in [1.807, 2.05) is 0 Å². The number of methoxy groups -OCH3 is 2. The summed E-state index contributed by atoms with van der Waals surface area (Å²) in [6.07, 6.45) is 1.66. The van der Waals surface area contributed by atoms with E-state index in [-0.39, 0.29) is 16.2 Å². The molecule has 2 aromatic heterocycles. The fraction of sp³-hybridized carbons (Fsp3) is 0.0870. The smallest absolute Gasteiger partial charge is 0.345 e. The van der Waals surface area contributed by atoms with Crippen molar-refractivity contribution in [1.29, 1.82) is 5.26 Å². The van der Waals surface area contributed by atoms with E-state index in [0.717, 1.165) is 0 Å². The van der Waals surface area contributed by atoms with Gasteiger partial charge in [0.15, 0.2) is 17.1 Å². The standard InChI is InChI=1S/C23H14Cl2N2O4S/c1-29-19-5-3-4-12(21(19)30-2)6-14(10-26)22-27-18(11-32-22)16-8-13-7-15(24)9-17(25)20(13)31-23(16)28/h3-9,11H,1-2H3/b14-6-. The zero-order valence-corrected chi connectivity index (χ0v) is 19.1. The largest absolute Gasteiger partial charge is 0.493 e. The van der Waals surface area contributed by atoms with E-state index in [4.69, 9.17) is 37.1 Å². The molecule has 0 saturated heterocycles. The Labute approximate surface area is 196 Å². The van der Waals surface area contributed by atoms with Gasteiger partial charge in [-0.15, -0.1) is 11.3 Å². The van der Waals surface area contributed by atoms with Gasteiger partial charge in [-0.2, -0.15) is 5.26 Å². The molecule has 0 unspecified atom stereocenters. The summed E-state index contributed by atoms with van der Waals surface area (Å²) in [5.74, 6) is 1.05. The first kappa shape index (κ1) is 21.9. The number of thiazole rings is 1. The molecule has 0 aliphatic heterocycles. The van der Waals surface area contributed by atoms with Gasteiger partial charge in [-0.3, -0.25) is 0 Å². The van der Waals surface area contributed by atoms with Crippen LogP contribution in [0.3, 0.4) is 0 Å². The number of allylic oxidation sites excluding steroid dienone is 1. The summed E-state index contributed by atoms with van der Waals surface area (Å²) < 4.78 is 16.1. The first-order valence-electron chi connectivity index (χ1n) is 9.17. The number of aromatic nitrogens is 1. The molecular formula is C23H14Cl2N2O4S. The summed E-state index contributed by atoms with van der Waals surface area (Å²) in [4.78, 5) is 17.0. The van der Waals surface area contributed by atoms with E-state index in [2.05, 4.69) is 11.1 Å². The summed E-state index contributed by atoms with van der Waals surface area (Å²) in [6.45, 7) is 0. The van der Waals surface area contributed by atoms with Crippen molar-refractivity contribution >= 4 is 57.2 Å². The van der Waals surface area contributed by atoms with Gasteiger partial charge in [0, 0.05) is 21.4 Å². The Kier molecular flexibility index (Phi) is 6.19. The van der Waals surface area contributed by atoms with Crippen molar-refractivity contribution in [2.75, 3.05) is 14.2 Å². The number of rotatable bonds is 5. The van der Waals surface area contributed by atoms with Gasteiger partial charge in [0.25, 0.3) is 0 Å². The number of fused-ring (bicyclic) bond motifs is 1. The Hall–Kier alpha value is -3.31. The molecule has 0 N–H and O–H groups in total. The molecule has 2 heterocycles. The molecule has 160 valence electrons. The molecule has 0 amide bonds. The summed E-state index contributed by atoms with van der Waals surface area (Å²) >= 11 is 13.4. The van der Waals surface area contributed by atoms with Crippen LogP contribution in [0.15, 0.2) is 51.0 Å². The number of hydrogen-bond acceptors (Lipinski definition) is 7. The molecule has 0 aliphatic carbocycles. The molecule has 0 radical (unpaired) electrons. The van der Waals surface area contributed by atoms with E-state index < -0.39 is 5.63 Å². The lowest BCUT2D eigenvalue weighted by Gasteiger charge is -2.10. The lowest BCUT2D eigenvalue weighted by Crippen LogP contribution is -2.03. The van der Waals surface area contributed by atoms with Crippen molar-refractivity contribution in [3.63, 3.8) is 0 Å². The third kappa shape index (κ3) is 4.08. The van der Waals surface area contributed by atoms with Crippen LogP contribution in [0.1, 0.15) is 10.6 Å². The quantitative estimate of drug-likeness (QED) is 0.244. The highest BCUT2D eigenvalue weighted by Crippen LogP contribution is 2.35. The number of ether oxygens (including phenoxy) is 2. The van der Waals surface area contributed by atoms with Gasteiger partial charge >= 0.3 is 5.63 Å². The van der Waals surface area contributed by atoms with Gasteiger partial charge in [0.2, 0.25) is 0 Å². The first-order valence-corrected chi connectivity index (χ1v) is 10.8. The molecule has 0 atom stereocenters. The predicted octanol–water partition coefficient (Wildman–Crippen LogP) is 6.30. The number of benzene rings is 2. The highest BCUT2D eigenvalue weighted by Gasteiger charge is 2.16. The van der Waals surface area contributed by atoms with Crippen LogP contribution in [-0.2, 0) is 0 Å². The molecule has 32 heavy (non-hydrogen) atoms. The van der Waals surface area contributed by atoms with E-state index in [0.29, 0.717) is 43.7 Å². The van der Waals surface area contributed by atoms with Crippen molar-refractivity contribution in [1.82, 2.24) is 4.98 Å². The zero-order chi connectivity index (χ0) is 22.8. The van der Waals surface area contributed by atoms with Crippen molar-refractivity contribution in [2.45, 2.75) is 0 Å². The second kappa shape index (κ2) is 9.05. The molecule has 0 spiro atoms. The van der Waals surface area contributed by atoms with Gasteiger partial charge in [-0.25, -0.2) is 9.78 Å². The minimum Gasteiger partial charge on any atom is -0.493 e. The van der Waals surface area contributed by atoms with Crippen LogP contribution in [0.25, 0.3) is 33.9 Å². The molecule has 0 bridgehead atoms. The molecule has 4 aromatic rings. The van der Waals surface area contributed by atoms with Crippen molar-refractivity contribution in [3.8, 4) is 28.8 Å². The van der Waals surface area contributed by atoms with Gasteiger partial charge in [-0.1, -0.05) is 35.3 Å². The van der Waals surface area contributed by atoms with Crippen LogP contribution in [0.5, 0.6) is 11.5 Å². The molecule has 0 fully saturated rings. The van der Waals surface area contributed by atoms with Crippen molar-refractivity contribution in [2.24, 2.45) is 0 Å². The third-order valence-electron chi connectivity index (χ3n) is 4.62. The summed E-state index contributed by atoms with van der Waals surface area (Å²) in [5, 5.41) is 13.1. The van der Waals surface area contributed by atoms with Crippen molar-refractivity contribution in [3.05, 3.63) is 72.8 Å². The van der Waals surface area contributed by atoms with E-state index in [1.165, 1.54) is 24.5 Å². The van der Waals surface area contributed by atoms with Crippen LogP contribution in [-0.4, -0.2) is 19.2 Å². The Balaban J connectivity index is 1.79. The number of halogens is 2. The predicted molar refractivity (Wildman–Crippen MR) is 127 cm³/mol. The molecule has 0 aliphatic rings. The lowest BCUT2D eigenvalue weighted by atomic mass is 10.1. The molecular weight excluding hydrogens is 471 g/mol. The maximum atomic E-state index is 12.6. The Morgan fingerprint density at radius 1 is 1.22 bits per heavy atom. The van der Waals surface area contributed by atoms with Gasteiger partial charge in [-0.05, 0) is 30.3 Å². The van der Waals surface area contributed by atoms with E-state index in [1.54, 1.807) is 48.9 Å². The average molecular weight is 485 g/mol. The van der Waals surface area contributed by atoms with Crippen LogP contribution in [0.4, 0.5) is 0 Å². The maximum Gasteiger partial charge on any atom is 0.345 e. The highest BCUT2D eigenvalue weighted by molar-refractivity contribution is 7.11. The number of nitrogens with zero attached hydrogens (tertiary/aromatic N) is 2. The number of nitriles is 1. The lowest BCUT2D eigenvalue weighted by molar-refractivity contribution is 0.354. The van der Waals surface area contributed by atoms with Crippen LogP contribution in [0.2, 0.25) is 10.0 Å². The summed E-state index contributed by atoms with van der Waals surface area (Å²) in [5.41, 5.74) is 1.27. The Morgan fingerprint density at radius 3 is 2.75 bits per heavy atom. The SMILES string of the molecule is COc1cccc(/C=C(/C#N)c2nc(-c3cc4cc(Cl)cc(Cl)c4oc3=O)cs2)c1OC. The molecule has 9 heteroatoms. The minimum absolute atomic E-state index is 0.245. The normalized spacial score (nSPS) is 11.4. The van der Waals surface area contributed by atoms with Crippen molar-refractivity contribution < 1.29 is 13.9 Å². The molecule has 0 saturated carbocycles. The topological polar surface area (TPSA) is 85.4 Å². The Morgan fingerprint density at radius 2 is 2.03 bits per heavy atom. The fourth-order valence-electron chi connectivity index (χ4n) is 3.18. The molecule has 4 rings (SSSR count). The van der Waals surface area contributed by atoms with E-state index in [9.17, 15) is 10.1 Å². The fourth-order valence-corrected chi connectivity index (χ4v) is 4.51. The van der Waals surface area contributed by atoms with Gasteiger partial charge < -0.3 is 13.9 Å². The molecule has 2 aromatic carbocycles. The monoisotopic (exact) mass is 484 g/mol. The van der Waals surface area contributed by atoms with Crippen LogP contribution < -0.4 is 15.1 Å². The highest BCUT2D eigenvalue weighted by atomic mass is 35.5. The first-order chi connectivity index (χ1) is 15.4. The Bertz CT molecular complexity index is 1470. The minimum atomic E-state index is -0.587. The average Bonchev–Trinajstić information content (AvgIpc) is 3.27. The zero-order valence-electron chi connectivity index (χ0n) is 16.8. The molecule has 6 nitrogen and oxygen atoms in total. The van der Waals surface area contributed by atoms with Gasteiger partial charge in [0.1, 0.15) is 11.1 Å². The number of hydrogen-bond donors (Lipinski definition) is 0.